The molecule has 1 aliphatic rings. The summed E-state index contributed by atoms with van der Waals surface area (Å²) in [6, 6.07) is -1.62. The van der Waals surface area contributed by atoms with Gasteiger partial charge in [-0.2, -0.15) is 0 Å². The van der Waals surface area contributed by atoms with Crippen LogP contribution in [0.15, 0.2) is 0 Å². The number of aliphatic hydroxyl groups is 3. The smallest absolute Gasteiger partial charge is 0.469 e. The zero-order valence-corrected chi connectivity index (χ0v) is 56.4. The van der Waals surface area contributed by atoms with Crippen molar-refractivity contribution >= 4 is 43.6 Å². The molecule has 7 N–H and O–H groups in total. The highest BCUT2D eigenvalue weighted by Gasteiger charge is 2.50. The van der Waals surface area contributed by atoms with Crippen LogP contribution < -0.4 is 5.32 Å². The van der Waals surface area contributed by atoms with Gasteiger partial charge in [0.2, 0.25) is 12.0 Å². The molecule has 21 nitrogen and oxygen atoms in total. The third-order valence-electron chi connectivity index (χ3n) is 16.4. The van der Waals surface area contributed by atoms with Crippen molar-refractivity contribution in [2.45, 2.75) is 372 Å². The van der Waals surface area contributed by atoms with Crippen molar-refractivity contribution < 1.29 is 96.5 Å². The Morgan fingerprint density at radius 3 is 1.37 bits per heavy atom. The number of aliphatic hydroxyl groups excluding tert-OH is 3. The predicted molar refractivity (Wildman–Crippen MR) is 341 cm³/mol. The van der Waals surface area contributed by atoms with Gasteiger partial charge in [-0.25, -0.2) is 14.2 Å². The molecule has 0 aromatic carbocycles. The monoisotopic (exact) mass is 1290 g/mol. The Morgan fingerprint density at radius 2 is 0.933 bits per heavy atom. The van der Waals surface area contributed by atoms with E-state index in [2.05, 4.69) is 37.5 Å². The molecule has 522 valence electrons. The first-order valence-corrected chi connectivity index (χ1v) is 36.6. The zero-order valence-electron chi connectivity index (χ0n) is 55.5. The van der Waals surface area contributed by atoms with Crippen LogP contribution in [0.4, 0.5) is 0 Å². The molecule has 0 bridgehead atoms. The highest BCUT2D eigenvalue weighted by molar-refractivity contribution is 7.46. The second-order valence-electron chi connectivity index (χ2n) is 24.8. The van der Waals surface area contributed by atoms with Gasteiger partial charge in [0.1, 0.15) is 44.2 Å². The maximum Gasteiger partial charge on any atom is 0.469 e. The van der Waals surface area contributed by atoms with E-state index >= 15 is 0 Å². The Morgan fingerprint density at radius 1 is 0.517 bits per heavy atom. The van der Waals surface area contributed by atoms with Crippen LogP contribution in [-0.2, 0) is 66.3 Å². The van der Waals surface area contributed by atoms with Gasteiger partial charge in [0.25, 0.3) is 0 Å². The molecular weight excluding hydrogens is 1170 g/mol. The van der Waals surface area contributed by atoms with Crippen molar-refractivity contribution in [3.8, 4) is 0 Å². The number of hydrogen-bond acceptors (Lipinski definition) is 17. The van der Waals surface area contributed by atoms with E-state index in [9.17, 15) is 63.5 Å². The Bertz CT molecular complexity index is 1860. The molecule has 1 saturated heterocycles. The Hall–Kier alpha value is -3.27. The summed E-state index contributed by atoms with van der Waals surface area (Å²) in [6.07, 6.45) is 26.9. The summed E-state index contributed by atoms with van der Waals surface area (Å²) in [5, 5.41) is 45.9. The Balaban J connectivity index is 3.31. The zero-order chi connectivity index (χ0) is 65.8. The lowest BCUT2D eigenvalue weighted by atomic mass is 9.95. The molecule has 9 atom stereocenters. The molecular formula is C67H124NO20P. The fraction of sp³-hybridized carbons (Fsp3) is 0.910. The fourth-order valence-electron chi connectivity index (χ4n) is 11.1. The first kappa shape index (κ1) is 83.7. The van der Waals surface area contributed by atoms with Gasteiger partial charge in [-0.1, -0.05) is 259 Å². The normalized spacial score (nSPS) is 18.2. The van der Waals surface area contributed by atoms with Crippen molar-refractivity contribution in [1.29, 1.82) is 0 Å². The van der Waals surface area contributed by atoms with Crippen LogP contribution in [0, 0.1) is 0 Å². The summed E-state index contributed by atoms with van der Waals surface area (Å²) >= 11 is 0. The number of phosphoric ester groups is 1. The van der Waals surface area contributed by atoms with E-state index in [1.807, 2.05) is 0 Å². The molecule has 22 heteroatoms. The first-order valence-electron chi connectivity index (χ1n) is 35.1. The average molecular weight is 1290 g/mol. The van der Waals surface area contributed by atoms with Gasteiger partial charge < -0.3 is 64.0 Å². The molecule has 0 radical (unpaired) electrons. The number of nitrogens with one attached hydrogen (secondary N) is 1. The lowest BCUT2D eigenvalue weighted by Crippen LogP contribution is -2.66. The van der Waals surface area contributed by atoms with E-state index in [4.69, 9.17) is 28.4 Å². The molecule has 1 heterocycles. The third-order valence-corrected chi connectivity index (χ3v) is 16.9. The molecule has 0 spiro atoms. The number of carboxylic acid groups (broad SMARTS) is 1. The van der Waals surface area contributed by atoms with Gasteiger partial charge >= 0.3 is 37.7 Å². The summed E-state index contributed by atoms with van der Waals surface area (Å²) in [5.74, 6) is -6.26. The highest BCUT2D eigenvalue weighted by Crippen LogP contribution is 2.36. The van der Waals surface area contributed by atoms with Crippen LogP contribution in [0.5, 0.6) is 0 Å². The minimum atomic E-state index is -5.29. The van der Waals surface area contributed by atoms with Crippen molar-refractivity contribution in [3.63, 3.8) is 0 Å². The topological polar surface area (TPSA) is 318 Å². The molecule has 1 rings (SSSR count). The van der Waals surface area contributed by atoms with Crippen molar-refractivity contribution in [2.24, 2.45) is 0 Å². The second-order valence-corrected chi connectivity index (χ2v) is 26.1. The number of carbonyl (C=O) groups excluding carboxylic acids is 5. The van der Waals surface area contributed by atoms with E-state index < -0.39 is 138 Å². The van der Waals surface area contributed by atoms with Crippen molar-refractivity contribution in [1.82, 2.24) is 5.32 Å². The number of amides is 1. The molecule has 0 aromatic rings. The van der Waals surface area contributed by atoms with E-state index in [1.165, 1.54) is 83.5 Å². The van der Waals surface area contributed by atoms with Gasteiger partial charge in [-0.3, -0.25) is 23.7 Å². The van der Waals surface area contributed by atoms with E-state index in [1.54, 1.807) is 0 Å². The van der Waals surface area contributed by atoms with Gasteiger partial charge in [0, 0.05) is 6.42 Å². The molecule has 89 heavy (non-hydrogen) atoms. The third kappa shape index (κ3) is 47.3. The molecule has 0 unspecified atom stereocenters. The van der Waals surface area contributed by atoms with Crippen molar-refractivity contribution in [2.75, 3.05) is 19.8 Å². The van der Waals surface area contributed by atoms with Gasteiger partial charge in [0.15, 0.2) is 12.4 Å². The van der Waals surface area contributed by atoms with Gasteiger partial charge in [0.05, 0.1) is 31.5 Å². The standard InChI is InChI=1S/C67H124NO20P/c1-5-9-13-17-21-25-26-30-34-38-42-46-60(74)85-55(45-41-37-33-29-24-20-16-12-8-4)49-62(76)86-57(51-84-89(79,80)81)66(78)82-50-56-64(77)65(88-61(75)48-54(70)44-40-36-32-28-23-19-15-11-7-3)63(67(87-56)83-52-59(72)73)68-58(71)47-53(69)43-39-35-31-27-22-18-14-10-6-2/h53-57,63-65,67,69-70,77H,5-52H2,1-4H3,(H,68,71)(H,72,73)(H2,79,80,81)/t53-,54-,55-,56-,57-,63-,64-,65-,67+/m1/s1. The SMILES string of the molecule is CCCCCCCCCCCCCC(=O)O[C@H](CCCCCCCCCCC)CC(=O)O[C@H](COP(=O)(O)O)C(=O)OC[C@H]1O[C@H](OCC(=O)O)[C@H](NC(=O)C[C@H](O)CCCCCCCCCCC)[C@@H](OC(=O)C[C@H](O)CCCCCCCCCCC)[C@@H]1O. The lowest BCUT2D eigenvalue weighted by Gasteiger charge is -2.44. The Labute approximate surface area is 534 Å². The summed E-state index contributed by atoms with van der Waals surface area (Å²) < 4.78 is 50.5. The van der Waals surface area contributed by atoms with Crippen LogP contribution in [-0.4, -0.2) is 141 Å². The molecule has 1 amide bonds. The summed E-state index contributed by atoms with van der Waals surface area (Å²) in [6.45, 7) is 5.52. The van der Waals surface area contributed by atoms with Crippen molar-refractivity contribution in [3.05, 3.63) is 0 Å². The van der Waals surface area contributed by atoms with Gasteiger partial charge in [-0.05, 0) is 32.1 Å². The van der Waals surface area contributed by atoms with E-state index in [-0.39, 0.29) is 12.8 Å². The van der Waals surface area contributed by atoms with E-state index in [0.29, 0.717) is 38.5 Å². The maximum atomic E-state index is 13.9. The van der Waals surface area contributed by atoms with E-state index in [0.717, 1.165) is 135 Å². The number of esters is 4. The first-order chi connectivity index (χ1) is 42.8. The van der Waals surface area contributed by atoms with Crippen LogP contribution in [0.2, 0.25) is 0 Å². The number of phosphoric acid groups is 1. The molecule has 0 aliphatic carbocycles. The second kappa shape index (κ2) is 55.2. The number of aliphatic carboxylic acids is 1. The lowest BCUT2D eigenvalue weighted by molar-refractivity contribution is -0.275. The number of unbranched alkanes of at least 4 members (excludes halogenated alkanes) is 34. The minimum Gasteiger partial charge on any atom is -0.480 e. The van der Waals surface area contributed by atoms with Crippen LogP contribution >= 0.6 is 7.82 Å². The largest absolute Gasteiger partial charge is 0.480 e. The molecule has 1 aliphatic heterocycles. The molecule has 1 fully saturated rings. The van der Waals surface area contributed by atoms with Gasteiger partial charge in [-0.15, -0.1) is 0 Å². The number of carbonyl (C=O) groups is 6. The number of ether oxygens (including phenoxy) is 6. The minimum absolute atomic E-state index is 0.139. The highest BCUT2D eigenvalue weighted by atomic mass is 31.2. The maximum absolute atomic E-state index is 13.9. The fourth-order valence-corrected chi connectivity index (χ4v) is 11.4. The predicted octanol–water partition coefficient (Wildman–Crippen LogP) is 13.4. The van der Waals surface area contributed by atoms with Crippen LogP contribution in [0.3, 0.4) is 0 Å². The number of hydrogen-bond donors (Lipinski definition) is 7. The Kier molecular flexibility index (Phi) is 51.9. The quantitative estimate of drug-likeness (QED) is 0.0129. The average Bonchev–Trinajstić information content (AvgIpc) is 3.51. The number of rotatable bonds is 61. The van der Waals surface area contributed by atoms with Crippen LogP contribution in [0.1, 0.15) is 317 Å². The summed E-state index contributed by atoms with van der Waals surface area (Å²) in [5.41, 5.74) is 0. The molecule has 0 aromatic heterocycles. The molecule has 0 saturated carbocycles. The summed E-state index contributed by atoms with van der Waals surface area (Å²) in [4.78, 5) is 99.1. The number of carboxylic acids is 1. The summed E-state index contributed by atoms with van der Waals surface area (Å²) in [7, 11) is -5.29. The van der Waals surface area contributed by atoms with Crippen LogP contribution in [0.25, 0.3) is 0 Å².